The minimum absolute atomic E-state index is 0.00703. The Morgan fingerprint density at radius 3 is 2.63 bits per heavy atom. The number of nitro groups is 1. The maximum Gasteiger partial charge on any atom is 0.270 e. The number of carbonyl (C=O) groups is 1. The Kier molecular flexibility index (Phi) is 5.57. The van der Waals surface area contributed by atoms with E-state index in [1.807, 2.05) is 6.07 Å². The molecule has 1 saturated heterocycles. The molecule has 0 N–H and O–H groups in total. The van der Waals surface area contributed by atoms with Crippen LogP contribution in [0.3, 0.4) is 0 Å². The fourth-order valence-corrected chi connectivity index (χ4v) is 3.21. The van der Waals surface area contributed by atoms with E-state index in [0.29, 0.717) is 30.2 Å². The van der Waals surface area contributed by atoms with Gasteiger partial charge in [-0.1, -0.05) is 11.6 Å². The first-order chi connectivity index (χ1) is 13.0. The fourth-order valence-electron chi connectivity index (χ4n) is 2.94. The van der Waals surface area contributed by atoms with Gasteiger partial charge in [0.15, 0.2) is 0 Å². The monoisotopic (exact) mass is 385 g/mol. The smallest absolute Gasteiger partial charge is 0.270 e. The number of halogens is 1. The molecule has 1 aromatic heterocycles. The lowest BCUT2D eigenvalue weighted by Gasteiger charge is -2.26. The van der Waals surface area contributed by atoms with Crippen molar-refractivity contribution in [3.05, 3.63) is 56.8 Å². The van der Waals surface area contributed by atoms with Crippen LogP contribution in [0.5, 0.6) is 0 Å². The molecule has 0 spiro atoms. The van der Waals surface area contributed by atoms with E-state index in [-0.39, 0.29) is 22.2 Å². The van der Waals surface area contributed by atoms with E-state index in [9.17, 15) is 20.2 Å². The van der Waals surface area contributed by atoms with Gasteiger partial charge in [-0.25, -0.2) is 0 Å². The van der Waals surface area contributed by atoms with Crippen LogP contribution in [0.1, 0.15) is 25.0 Å². The summed E-state index contributed by atoms with van der Waals surface area (Å²) in [4.78, 5) is 24.4. The zero-order chi connectivity index (χ0) is 19.4. The summed E-state index contributed by atoms with van der Waals surface area (Å²) >= 11 is 6.11. The van der Waals surface area contributed by atoms with Crippen LogP contribution in [0.2, 0.25) is 5.02 Å². The molecule has 2 heterocycles. The van der Waals surface area contributed by atoms with Crippen molar-refractivity contribution in [2.75, 3.05) is 13.1 Å². The van der Waals surface area contributed by atoms with Crippen molar-refractivity contribution in [1.29, 1.82) is 5.26 Å². The van der Waals surface area contributed by atoms with Crippen LogP contribution in [0.25, 0.3) is 17.4 Å². The predicted octanol–water partition coefficient (Wildman–Crippen LogP) is 4.43. The third-order valence-electron chi connectivity index (χ3n) is 4.34. The quantitative estimate of drug-likeness (QED) is 0.335. The second-order valence-corrected chi connectivity index (χ2v) is 6.55. The molecule has 0 saturated carbocycles. The lowest BCUT2D eigenvalue weighted by atomic mass is 10.1. The molecule has 2 aromatic rings. The minimum Gasteiger partial charge on any atom is -0.457 e. The number of piperidine rings is 1. The van der Waals surface area contributed by atoms with Gasteiger partial charge in [-0.3, -0.25) is 14.9 Å². The Morgan fingerprint density at radius 2 is 2.00 bits per heavy atom. The Labute approximate surface area is 160 Å². The highest BCUT2D eigenvalue weighted by Gasteiger charge is 2.21. The van der Waals surface area contributed by atoms with Crippen LogP contribution in [0, 0.1) is 21.4 Å². The summed E-state index contributed by atoms with van der Waals surface area (Å²) < 4.78 is 5.67. The third-order valence-corrected chi connectivity index (χ3v) is 4.65. The number of nitrogens with zero attached hydrogens (tertiary/aromatic N) is 3. The number of non-ortho nitro benzene ring substituents is 1. The van der Waals surface area contributed by atoms with Gasteiger partial charge in [-0.2, -0.15) is 5.26 Å². The normalized spacial score (nSPS) is 14.7. The Hall–Kier alpha value is -3.11. The molecule has 1 amide bonds. The minimum atomic E-state index is -0.530. The van der Waals surface area contributed by atoms with E-state index in [1.165, 1.54) is 24.3 Å². The SMILES string of the molecule is N#C/C(=C\c1ccc(-c2ccc([N+](=O)[O-])cc2Cl)o1)C(=O)N1CCCCC1. The van der Waals surface area contributed by atoms with Gasteiger partial charge in [0.2, 0.25) is 0 Å². The Morgan fingerprint density at radius 1 is 1.26 bits per heavy atom. The molecule has 1 aliphatic rings. The predicted molar refractivity (Wildman–Crippen MR) is 99.8 cm³/mol. The molecule has 1 fully saturated rings. The highest BCUT2D eigenvalue weighted by atomic mass is 35.5. The van der Waals surface area contributed by atoms with Crippen molar-refractivity contribution < 1.29 is 14.1 Å². The second kappa shape index (κ2) is 8.06. The highest BCUT2D eigenvalue weighted by molar-refractivity contribution is 6.33. The average Bonchev–Trinajstić information content (AvgIpc) is 3.14. The van der Waals surface area contributed by atoms with Crippen molar-refractivity contribution in [2.24, 2.45) is 0 Å². The van der Waals surface area contributed by atoms with Crippen LogP contribution in [-0.2, 0) is 4.79 Å². The number of benzene rings is 1. The van der Waals surface area contributed by atoms with Gasteiger partial charge in [0.05, 0.1) is 9.95 Å². The largest absolute Gasteiger partial charge is 0.457 e. The number of hydrogen-bond acceptors (Lipinski definition) is 5. The van der Waals surface area contributed by atoms with Crippen molar-refractivity contribution in [1.82, 2.24) is 4.90 Å². The van der Waals surface area contributed by atoms with Gasteiger partial charge in [-0.15, -0.1) is 0 Å². The van der Waals surface area contributed by atoms with Crippen LogP contribution in [-0.4, -0.2) is 28.8 Å². The van der Waals surface area contributed by atoms with Gasteiger partial charge in [-0.05, 0) is 37.5 Å². The number of carbonyl (C=O) groups excluding carboxylic acids is 1. The molecule has 0 atom stereocenters. The van der Waals surface area contributed by atoms with E-state index in [2.05, 4.69) is 0 Å². The molecule has 3 rings (SSSR count). The topological polar surface area (TPSA) is 100 Å². The first-order valence-corrected chi connectivity index (χ1v) is 8.82. The van der Waals surface area contributed by atoms with Crippen molar-refractivity contribution >= 4 is 29.3 Å². The summed E-state index contributed by atoms with van der Waals surface area (Å²) in [5.41, 5.74) is 0.379. The molecule has 1 aliphatic heterocycles. The molecule has 27 heavy (non-hydrogen) atoms. The summed E-state index contributed by atoms with van der Waals surface area (Å²) in [7, 11) is 0. The van der Waals surface area contributed by atoms with Crippen LogP contribution < -0.4 is 0 Å². The number of likely N-dealkylation sites (tertiary alicyclic amines) is 1. The summed E-state index contributed by atoms with van der Waals surface area (Å²) in [5.74, 6) is 0.425. The summed E-state index contributed by atoms with van der Waals surface area (Å²) in [5, 5.41) is 20.3. The summed E-state index contributed by atoms with van der Waals surface area (Å²) in [6.45, 7) is 1.30. The molecule has 0 bridgehead atoms. The molecule has 1 aromatic carbocycles. The molecule has 7 nitrogen and oxygen atoms in total. The molecule has 0 radical (unpaired) electrons. The molecular formula is C19H16ClN3O4. The Bertz CT molecular complexity index is 952. The van der Waals surface area contributed by atoms with E-state index in [1.54, 1.807) is 17.0 Å². The zero-order valence-electron chi connectivity index (χ0n) is 14.4. The van der Waals surface area contributed by atoms with E-state index in [0.717, 1.165) is 19.3 Å². The average molecular weight is 386 g/mol. The second-order valence-electron chi connectivity index (χ2n) is 6.15. The molecular weight excluding hydrogens is 370 g/mol. The summed E-state index contributed by atoms with van der Waals surface area (Å²) in [6, 6.07) is 9.27. The number of rotatable bonds is 4. The van der Waals surface area contributed by atoms with Crippen LogP contribution in [0.4, 0.5) is 5.69 Å². The summed E-state index contributed by atoms with van der Waals surface area (Å²) in [6.07, 6.45) is 4.37. The molecule has 0 aliphatic carbocycles. The third kappa shape index (κ3) is 4.18. The molecule has 0 unspecified atom stereocenters. The van der Waals surface area contributed by atoms with E-state index >= 15 is 0 Å². The number of hydrogen-bond donors (Lipinski definition) is 0. The standard InChI is InChI=1S/C19H16ClN3O4/c20-17-11-14(23(25)26)4-6-16(17)18-7-5-15(27-18)10-13(12-21)19(24)22-8-2-1-3-9-22/h4-7,10-11H,1-3,8-9H2/b13-10+. The lowest BCUT2D eigenvalue weighted by Crippen LogP contribution is -2.36. The first kappa shape index (κ1) is 18.7. The van der Waals surface area contributed by atoms with Gasteiger partial charge < -0.3 is 9.32 Å². The maximum atomic E-state index is 12.5. The van der Waals surface area contributed by atoms with Crippen molar-refractivity contribution in [2.45, 2.75) is 19.3 Å². The fraction of sp³-hybridized carbons (Fsp3) is 0.263. The van der Waals surface area contributed by atoms with Crippen molar-refractivity contribution in [3.8, 4) is 17.4 Å². The molecule has 138 valence electrons. The zero-order valence-corrected chi connectivity index (χ0v) is 15.1. The number of amides is 1. The van der Waals surface area contributed by atoms with Gasteiger partial charge in [0.1, 0.15) is 23.2 Å². The number of furan rings is 1. The number of nitriles is 1. The first-order valence-electron chi connectivity index (χ1n) is 8.45. The number of nitro benzene ring substituents is 1. The van der Waals surface area contributed by atoms with Crippen LogP contribution >= 0.6 is 11.6 Å². The van der Waals surface area contributed by atoms with Gasteiger partial charge >= 0.3 is 0 Å². The maximum absolute atomic E-state index is 12.5. The molecule has 8 heteroatoms. The highest BCUT2D eigenvalue weighted by Crippen LogP contribution is 2.32. The van der Waals surface area contributed by atoms with Crippen LogP contribution in [0.15, 0.2) is 40.3 Å². The van der Waals surface area contributed by atoms with Gasteiger partial charge in [0, 0.05) is 36.9 Å². The lowest BCUT2D eigenvalue weighted by molar-refractivity contribution is -0.384. The Balaban J connectivity index is 1.84. The van der Waals surface area contributed by atoms with Crippen molar-refractivity contribution in [3.63, 3.8) is 0 Å². The van der Waals surface area contributed by atoms with E-state index in [4.69, 9.17) is 16.0 Å². The van der Waals surface area contributed by atoms with E-state index < -0.39 is 4.92 Å². The van der Waals surface area contributed by atoms with Gasteiger partial charge in [0.25, 0.3) is 11.6 Å².